The van der Waals surface area contributed by atoms with E-state index in [2.05, 4.69) is 20.4 Å². The predicted octanol–water partition coefficient (Wildman–Crippen LogP) is 3.50. The van der Waals surface area contributed by atoms with Gasteiger partial charge in [-0.05, 0) is 32.0 Å². The van der Waals surface area contributed by atoms with E-state index in [1.807, 2.05) is 37.4 Å². The van der Waals surface area contributed by atoms with Crippen LogP contribution >= 0.6 is 11.3 Å². The maximum absolute atomic E-state index is 12.3. The highest BCUT2D eigenvalue weighted by Gasteiger charge is 2.14. The summed E-state index contributed by atoms with van der Waals surface area (Å²) in [7, 11) is 1.79. The minimum Gasteiger partial charge on any atom is -0.452 e. The molecule has 0 aliphatic carbocycles. The number of amides is 1. The number of aryl methyl sites for hydroxylation is 3. The fourth-order valence-corrected chi connectivity index (χ4v) is 3.71. The maximum Gasteiger partial charge on any atom is 0.340 e. The van der Waals surface area contributed by atoms with E-state index in [1.165, 1.54) is 6.20 Å². The van der Waals surface area contributed by atoms with Crippen LogP contribution in [0.2, 0.25) is 0 Å². The standard InChI is InChI=1S/C21H19N5O3S/c1-12-17-8-15(9-22-20(17)26(3)25-12)21(28)29-10-19(27)24-16-6-4-5-14(7-16)18-11-30-13(2)23-18/h4-9,11H,10H2,1-3H3,(H,24,27). The monoisotopic (exact) mass is 421 g/mol. The summed E-state index contributed by atoms with van der Waals surface area (Å²) in [6.07, 6.45) is 1.42. The first-order chi connectivity index (χ1) is 14.4. The van der Waals surface area contributed by atoms with E-state index < -0.39 is 18.5 Å². The summed E-state index contributed by atoms with van der Waals surface area (Å²) in [5.74, 6) is -1.05. The number of pyridine rings is 1. The molecule has 8 nitrogen and oxygen atoms in total. The normalized spacial score (nSPS) is 10.9. The van der Waals surface area contributed by atoms with E-state index in [9.17, 15) is 9.59 Å². The van der Waals surface area contributed by atoms with Crippen molar-refractivity contribution in [2.75, 3.05) is 11.9 Å². The SMILES string of the molecule is Cc1nc(-c2cccc(NC(=O)COC(=O)c3cnc4c(c3)c(C)nn4C)c2)cs1. The number of fused-ring (bicyclic) bond motifs is 1. The number of carbonyl (C=O) groups is 2. The summed E-state index contributed by atoms with van der Waals surface area (Å²) in [6, 6.07) is 9.03. The first-order valence-corrected chi connectivity index (χ1v) is 10.1. The van der Waals surface area contributed by atoms with Crippen molar-refractivity contribution in [2.24, 2.45) is 7.05 Å². The second-order valence-corrected chi connectivity index (χ2v) is 7.82. The van der Waals surface area contributed by atoms with Crippen molar-refractivity contribution in [3.63, 3.8) is 0 Å². The molecule has 0 atom stereocenters. The predicted molar refractivity (Wildman–Crippen MR) is 114 cm³/mol. The summed E-state index contributed by atoms with van der Waals surface area (Å²) < 4.78 is 6.79. The molecule has 3 aromatic heterocycles. The van der Waals surface area contributed by atoms with Gasteiger partial charge >= 0.3 is 5.97 Å². The zero-order chi connectivity index (χ0) is 21.3. The number of benzene rings is 1. The van der Waals surface area contributed by atoms with E-state index in [1.54, 1.807) is 35.2 Å². The minimum atomic E-state index is -0.616. The third-order valence-electron chi connectivity index (χ3n) is 4.49. The molecular formula is C21H19N5O3S. The van der Waals surface area contributed by atoms with Gasteiger partial charge in [0.2, 0.25) is 0 Å². The molecule has 0 radical (unpaired) electrons. The van der Waals surface area contributed by atoms with E-state index in [0.29, 0.717) is 11.3 Å². The van der Waals surface area contributed by atoms with Crippen LogP contribution in [-0.2, 0) is 16.6 Å². The average Bonchev–Trinajstić information content (AvgIpc) is 3.29. The summed E-state index contributed by atoms with van der Waals surface area (Å²) >= 11 is 1.56. The van der Waals surface area contributed by atoms with Gasteiger partial charge < -0.3 is 10.1 Å². The molecule has 0 aliphatic heterocycles. The number of aromatic nitrogens is 4. The zero-order valence-corrected chi connectivity index (χ0v) is 17.5. The first kappa shape index (κ1) is 19.7. The highest BCUT2D eigenvalue weighted by Crippen LogP contribution is 2.24. The Labute approximate surface area is 176 Å². The number of nitrogens with zero attached hydrogens (tertiary/aromatic N) is 4. The number of thiazole rings is 1. The summed E-state index contributed by atoms with van der Waals surface area (Å²) in [4.78, 5) is 33.3. The molecule has 0 spiro atoms. The van der Waals surface area contributed by atoms with Gasteiger partial charge in [0.25, 0.3) is 5.91 Å². The van der Waals surface area contributed by atoms with E-state index >= 15 is 0 Å². The van der Waals surface area contributed by atoms with Crippen molar-refractivity contribution >= 4 is 39.9 Å². The minimum absolute atomic E-state index is 0.271. The number of carbonyl (C=O) groups excluding carboxylic acids is 2. The molecule has 1 N–H and O–H groups in total. The smallest absolute Gasteiger partial charge is 0.340 e. The molecule has 0 saturated heterocycles. The quantitative estimate of drug-likeness (QED) is 0.495. The molecule has 0 fully saturated rings. The fraction of sp³-hybridized carbons (Fsp3) is 0.190. The van der Waals surface area contributed by atoms with Crippen LogP contribution in [0.4, 0.5) is 5.69 Å². The Hall–Kier alpha value is -3.59. The zero-order valence-electron chi connectivity index (χ0n) is 16.7. The molecule has 4 rings (SSSR count). The van der Waals surface area contributed by atoms with Crippen molar-refractivity contribution in [2.45, 2.75) is 13.8 Å². The van der Waals surface area contributed by atoms with Crippen LogP contribution in [0, 0.1) is 13.8 Å². The molecule has 0 bridgehead atoms. The highest BCUT2D eigenvalue weighted by atomic mass is 32.1. The van der Waals surface area contributed by atoms with Gasteiger partial charge in [0.15, 0.2) is 12.3 Å². The molecule has 0 aliphatic rings. The number of ether oxygens (including phenoxy) is 1. The lowest BCUT2D eigenvalue weighted by Crippen LogP contribution is -2.21. The Morgan fingerprint density at radius 1 is 1.23 bits per heavy atom. The third kappa shape index (κ3) is 4.06. The number of hydrogen-bond acceptors (Lipinski definition) is 7. The first-order valence-electron chi connectivity index (χ1n) is 9.19. The Bertz CT molecular complexity index is 1260. The van der Waals surface area contributed by atoms with Crippen LogP contribution in [0.3, 0.4) is 0 Å². The Morgan fingerprint density at radius 3 is 2.83 bits per heavy atom. The van der Waals surface area contributed by atoms with Gasteiger partial charge in [-0.2, -0.15) is 5.10 Å². The molecule has 4 aromatic rings. The summed E-state index contributed by atoms with van der Waals surface area (Å²) in [5.41, 5.74) is 4.08. The summed E-state index contributed by atoms with van der Waals surface area (Å²) in [5, 5.41) is 10.7. The van der Waals surface area contributed by atoms with Crippen LogP contribution in [0.15, 0.2) is 41.9 Å². The second kappa shape index (κ2) is 8.03. The second-order valence-electron chi connectivity index (χ2n) is 6.76. The van der Waals surface area contributed by atoms with E-state index in [0.717, 1.165) is 27.3 Å². The van der Waals surface area contributed by atoms with Crippen LogP contribution in [0.1, 0.15) is 21.1 Å². The van der Waals surface area contributed by atoms with Crippen molar-refractivity contribution < 1.29 is 14.3 Å². The lowest BCUT2D eigenvalue weighted by atomic mass is 10.1. The number of esters is 1. The van der Waals surface area contributed by atoms with Crippen molar-refractivity contribution in [1.29, 1.82) is 0 Å². The molecular weight excluding hydrogens is 402 g/mol. The van der Waals surface area contributed by atoms with Gasteiger partial charge in [0, 0.05) is 35.3 Å². The number of anilines is 1. The molecule has 1 amide bonds. The number of rotatable bonds is 5. The van der Waals surface area contributed by atoms with Crippen molar-refractivity contribution in [1.82, 2.24) is 19.7 Å². The number of hydrogen-bond donors (Lipinski definition) is 1. The van der Waals surface area contributed by atoms with Gasteiger partial charge in [-0.1, -0.05) is 12.1 Å². The molecule has 152 valence electrons. The molecule has 9 heteroatoms. The molecule has 0 saturated carbocycles. The Balaban J connectivity index is 1.39. The third-order valence-corrected chi connectivity index (χ3v) is 5.27. The molecule has 1 aromatic carbocycles. The molecule has 30 heavy (non-hydrogen) atoms. The topological polar surface area (TPSA) is 99.0 Å². The van der Waals surface area contributed by atoms with Gasteiger partial charge in [0.05, 0.1) is 22.0 Å². The average molecular weight is 421 g/mol. The Morgan fingerprint density at radius 2 is 2.07 bits per heavy atom. The van der Waals surface area contributed by atoms with Crippen LogP contribution in [0.5, 0.6) is 0 Å². The Kier molecular flexibility index (Phi) is 5.28. The summed E-state index contributed by atoms with van der Waals surface area (Å²) in [6.45, 7) is 3.38. The molecule has 0 unspecified atom stereocenters. The van der Waals surface area contributed by atoms with E-state index in [4.69, 9.17) is 4.74 Å². The van der Waals surface area contributed by atoms with Crippen LogP contribution in [-0.4, -0.2) is 38.2 Å². The largest absolute Gasteiger partial charge is 0.452 e. The van der Waals surface area contributed by atoms with Crippen LogP contribution in [0.25, 0.3) is 22.3 Å². The van der Waals surface area contributed by atoms with Gasteiger partial charge in [-0.3, -0.25) is 9.48 Å². The lowest BCUT2D eigenvalue weighted by Gasteiger charge is -2.08. The fourth-order valence-electron chi connectivity index (χ4n) is 3.08. The maximum atomic E-state index is 12.3. The van der Waals surface area contributed by atoms with Gasteiger partial charge in [-0.15, -0.1) is 11.3 Å². The lowest BCUT2D eigenvalue weighted by molar-refractivity contribution is -0.119. The van der Waals surface area contributed by atoms with Crippen molar-refractivity contribution in [3.8, 4) is 11.3 Å². The van der Waals surface area contributed by atoms with Gasteiger partial charge in [-0.25, -0.2) is 14.8 Å². The highest BCUT2D eigenvalue weighted by molar-refractivity contribution is 7.09. The molecule has 3 heterocycles. The van der Waals surface area contributed by atoms with Gasteiger partial charge in [0.1, 0.15) is 0 Å². The number of nitrogens with one attached hydrogen (secondary N) is 1. The van der Waals surface area contributed by atoms with Crippen molar-refractivity contribution in [3.05, 3.63) is 58.2 Å². The van der Waals surface area contributed by atoms with Crippen LogP contribution < -0.4 is 5.32 Å². The van der Waals surface area contributed by atoms with E-state index in [-0.39, 0.29) is 5.56 Å².